The fraction of sp³-hybridized carbons (Fsp3) is 0.307. The first-order valence-corrected chi connectivity index (χ1v) is 44.5. The molecule has 124 heavy (non-hydrogen) atoms. The zero-order valence-corrected chi connectivity index (χ0v) is 73.9. The Kier molecular flexibility index (Phi) is 39.8. The molecule has 0 radical (unpaired) electrons. The van der Waals surface area contributed by atoms with Crippen molar-refractivity contribution < 1.29 is 61.3 Å². The van der Waals surface area contributed by atoms with Crippen molar-refractivity contribution >= 4 is 120 Å². The van der Waals surface area contributed by atoms with Crippen molar-refractivity contribution in [2.75, 3.05) is 4.72 Å². The smallest absolute Gasteiger partial charge is 0.345 e. The number of hydrogen-bond acceptors (Lipinski definition) is 24. The van der Waals surface area contributed by atoms with Crippen LogP contribution in [0.2, 0.25) is 0 Å². The largest absolute Gasteiger partial charge is 0.357 e. The number of anilines is 1. The van der Waals surface area contributed by atoms with E-state index in [1.165, 1.54) is 117 Å². The first-order chi connectivity index (χ1) is 59.2. The number of non-ortho nitro benzene ring substituents is 3. The standard InChI is InChI=1S/C24H28N4O5S2.2C24H26N4O4S.C13H15N3O2S.C3H6O/c1-3-19-15-34-24(26-19)22(14-18-9-11-20(12-10-18)28-35(31,32)33)27-23(30)21(25-16(2)29)13-17-7-5-4-6-8-17;2*1-3-19-15-33-24(26-19)22(14-18-9-11-20(12-10-18)28(31)32)27-23(30)21(25-16(2)29)13-17-7-5-4-6-8-17;1-2-10-8-19-13(15-10)12(14)7-9-3-5-11(6-4-9)16(17)18;1-3(2)4/h4-12,15,21-22,28H,3,13-14H2,1-2H3,(H,25,29)(H,27,30)(H,31,32,33);2*4-12,15,21-22H,3,13-14H2,1-2H3,(H,25,29)(H,27,30);3-6,8,12H,2,7,14H2,1H3;1-2H3/t3*21-,22-;12-;/m0000./s1. The van der Waals surface area contributed by atoms with Crippen molar-refractivity contribution in [2.45, 2.75) is 175 Å². The number of amides is 6. The number of carbonyl (C=O) groups excluding carboxylic acids is 7. The molecule has 0 spiro atoms. The lowest BCUT2D eigenvalue weighted by Crippen LogP contribution is -2.48. The number of benzene rings is 7. The molecule has 0 unspecified atom stereocenters. The molecule has 11 rings (SSSR count). The number of aromatic nitrogens is 4. The molecule has 6 amide bonds. The summed E-state index contributed by atoms with van der Waals surface area (Å²) in [5.41, 5.74) is 16.5. The fourth-order valence-corrected chi connectivity index (χ4v) is 16.3. The van der Waals surface area contributed by atoms with E-state index in [0.29, 0.717) is 44.9 Å². The van der Waals surface area contributed by atoms with E-state index in [9.17, 15) is 72.3 Å². The minimum atomic E-state index is -4.37. The summed E-state index contributed by atoms with van der Waals surface area (Å²) in [5.74, 6) is -1.67. The average molecular weight is 1790 g/mol. The van der Waals surface area contributed by atoms with Crippen LogP contribution in [0, 0.1) is 30.3 Å². The normalized spacial score (nSPS) is 12.4. The van der Waals surface area contributed by atoms with E-state index < -0.39 is 61.3 Å². The van der Waals surface area contributed by atoms with Gasteiger partial charge in [-0.15, -0.1) is 45.3 Å². The van der Waals surface area contributed by atoms with Gasteiger partial charge in [-0.1, -0.05) is 167 Å². The molecule has 0 aliphatic heterocycles. The van der Waals surface area contributed by atoms with E-state index >= 15 is 0 Å². The number of Topliss-reactive ketones (excluding diaryl/α,β-unsaturated/α-hetero) is 1. The van der Waals surface area contributed by atoms with Crippen LogP contribution in [0.3, 0.4) is 0 Å². The van der Waals surface area contributed by atoms with Crippen LogP contribution < -0.4 is 42.4 Å². The number of carbonyl (C=O) groups is 7. The number of aryl methyl sites for hydroxylation is 4. The third-order valence-electron chi connectivity index (χ3n) is 18.2. The second-order valence-electron chi connectivity index (χ2n) is 28.5. The third-order valence-corrected chi connectivity index (χ3v) is 22.8. The zero-order valence-electron chi connectivity index (χ0n) is 69.8. The summed E-state index contributed by atoms with van der Waals surface area (Å²) in [6.45, 7) is 15.3. The Morgan fingerprint density at radius 2 is 0.597 bits per heavy atom. The third kappa shape index (κ3) is 34.7. The molecule has 7 aromatic carbocycles. The van der Waals surface area contributed by atoms with Gasteiger partial charge in [0.25, 0.3) is 17.1 Å². The Morgan fingerprint density at radius 1 is 0.363 bits per heavy atom. The van der Waals surface area contributed by atoms with Gasteiger partial charge in [-0.05, 0) is 116 Å². The molecule has 0 saturated heterocycles. The molecule has 0 aliphatic rings. The highest BCUT2D eigenvalue weighted by Gasteiger charge is 2.30. The molecule has 11 aromatic rings. The van der Waals surface area contributed by atoms with Crippen molar-refractivity contribution in [1.82, 2.24) is 51.8 Å². The molecule has 36 heteroatoms. The number of rotatable bonds is 36. The second-order valence-corrected chi connectivity index (χ2v) is 33.2. The summed E-state index contributed by atoms with van der Waals surface area (Å²) in [6, 6.07) is 50.1. The number of nitro groups is 3. The van der Waals surface area contributed by atoms with Crippen molar-refractivity contribution in [1.29, 1.82) is 0 Å². The first-order valence-electron chi connectivity index (χ1n) is 39.5. The number of ketones is 1. The topological polar surface area (TPSA) is 465 Å². The Morgan fingerprint density at radius 3 is 0.831 bits per heavy atom. The minimum Gasteiger partial charge on any atom is -0.345 e. The summed E-state index contributed by atoms with van der Waals surface area (Å²) in [4.78, 5) is 134. The Labute approximate surface area is 735 Å². The van der Waals surface area contributed by atoms with E-state index in [1.807, 2.05) is 138 Å². The number of nitrogens with two attached hydrogens (primary N) is 1. The van der Waals surface area contributed by atoms with Gasteiger partial charge in [0.2, 0.25) is 35.4 Å². The van der Waals surface area contributed by atoms with Crippen LogP contribution in [0.25, 0.3) is 0 Å². The molecule has 4 aromatic heterocycles. The first kappa shape index (κ1) is 98.5. The van der Waals surface area contributed by atoms with Crippen LogP contribution in [-0.2, 0) is 114 Å². The van der Waals surface area contributed by atoms with Crippen molar-refractivity contribution in [3.8, 4) is 0 Å². The molecule has 7 atom stereocenters. The zero-order chi connectivity index (χ0) is 90.4. The van der Waals surface area contributed by atoms with Crippen molar-refractivity contribution in [3.63, 3.8) is 0 Å². The Hall–Kier alpha value is -12.6. The van der Waals surface area contributed by atoms with Gasteiger partial charge in [0.1, 0.15) is 43.9 Å². The molecule has 654 valence electrons. The van der Waals surface area contributed by atoms with Crippen LogP contribution >= 0.6 is 45.3 Å². The summed E-state index contributed by atoms with van der Waals surface area (Å²) < 4.78 is 33.0. The molecule has 0 saturated carbocycles. The molecular weight excluding hydrogens is 1680 g/mol. The lowest BCUT2D eigenvalue weighted by atomic mass is 10.0. The van der Waals surface area contributed by atoms with Gasteiger partial charge in [-0.2, -0.15) is 8.42 Å². The van der Waals surface area contributed by atoms with Gasteiger partial charge in [0, 0.05) is 98.0 Å². The Balaban J connectivity index is 0.000000228. The maximum atomic E-state index is 13.3. The van der Waals surface area contributed by atoms with Gasteiger partial charge in [-0.25, -0.2) is 19.9 Å². The van der Waals surface area contributed by atoms with Gasteiger partial charge >= 0.3 is 10.3 Å². The average Bonchev–Trinajstić information content (AvgIpc) is 1.62. The highest BCUT2D eigenvalue weighted by Crippen LogP contribution is 2.30. The van der Waals surface area contributed by atoms with E-state index in [2.05, 4.69) is 58.8 Å². The van der Waals surface area contributed by atoms with E-state index in [-0.39, 0.29) is 70.0 Å². The fourth-order valence-electron chi connectivity index (χ4n) is 12.1. The maximum absolute atomic E-state index is 13.3. The van der Waals surface area contributed by atoms with E-state index in [4.69, 9.17) is 10.3 Å². The monoisotopic (exact) mass is 1780 g/mol. The maximum Gasteiger partial charge on any atom is 0.357 e. The summed E-state index contributed by atoms with van der Waals surface area (Å²) in [6.07, 6.45) is 6.12. The molecular formula is C88H101N15O16S5. The van der Waals surface area contributed by atoms with Crippen LogP contribution in [0.5, 0.6) is 0 Å². The van der Waals surface area contributed by atoms with Gasteiger partial charge in [-0.3, -0.25) is 68.4 Å². The molecule has 10 N–H and O–H groups in total. The van der Waals surface area contributed by atoms with Gasteiger partial charge < -0.3 is 42.4 Å². The SMILES string of the molecule is CC(C)=O.CCc1csc([C@@H](N)Cc2ccc([N+](=O)[O-])cc2)n1.CCc1csc([C@H](Cc2ccc(NS(=O)(=O)O)cc2)NC(=O)[C@H](Cc2ccccc2)NC(C)=O)n1.CCc1csc([C@H](Cc2ccc([N+](=O)[O-])cc2)NC(=O)[C@H](Cc2ccccc2)NC(C)=O)n1.CCc1csc([C@H](Cc2ccc([N+](=O)[O-])cc2)NC(=O)[C@H](Cc2ccccc2)NC(C)=O)n1. The lowest BCUT2D eigenvalue weighted by molar-refractivity contribution is -0.385. The highest BCUT2D eigenvalue weighted by atomic mass is 32.2. The van der Waals surface area contributed by atoms with Crippen LogP contribution in [0.4, 0.5) is 22.7 Å². The molecule has 0 aliphatic carbocycles. The number of nitro benzene ring substituents is 3. The summed E-state index contributed by atoms with van der Waals surface area (Å²) >= 11 is 5.93. The van der Waals surface area contributed by atoms with E-state index in [1.54, 1.807) is 59.9 Å². The van der Waals surface area contributed by atoms with Crippen LogP contribution in [-0.4, -0.2) is 107 Å². The number of nitrogens with zero attached hydrogens (tertiary/aromatic N) is 7. The quantitative estimate of drug-likeness (QED) is 0.0100. The summed E-state index contributed by atoms with van der Waals surface area (Å²) in [7, 11) is -4.37. The predicted molar refractivity (Wildman–Crippen MR) is 481 cm³/mol. The number of nitrogens with one attached hydrogen (secondary N) is 7. The highest BCUT2D eigenvalue weighted by molar-refractivity contribution is 7.87. The van der Waals surface area contributed by atoms with Crippen molar-refractivity contribution in [3.05, 3.63) is 322 Å². The molecule has 31 nitrogen and oxygen atoms in total. The molecule has 0 fully saturated rings. The second kappa shape index (κ2) is 50.1. The number of thiazole rings is 4. The minimum absolute atomic E-state index is 0.00966. The van der Waals surface area contributed by atoms with Gasteiger partial charge in [0.05, 0.1) is 67.4 Å². The van der Waals surface area contributed by atoms with Gasteiger partial charge in [0.15, 0.2) is 0 Å². The predicted octanol–water partition coefficient (Wildman–Crippen LogP) is 14.0. The van der Waals surface area contributed by atoms with Crippen LogP contribution in [0.15, 0.2) is 210 Å². The van der Waals surface area contributed by atoms with E-state index in [0.717, 1.165) is 107 Å². The lowest BCUT2D eigenvalue weighted by Gasteiger charge is -2.22. The molecule has 0 bridgehead atoms. The number of hydrogen-bond donors (Lipinski definition) is 9. The summed E-state index contributed by atoms with van der Waals surface area (Å²) in [5, 5.41) is 60.9. The Bertz CT molecular complexity index is 5230. The van der Waals surface area contributed by atoms with Crippen molar-refractivity contribution in [2.24, 2.45) is 5.73 Å². The molecule has 4 heterocycles. The van der Waals surface area contributed by atoms with Crippen LogP contribution in [0.1, 0.15) is 168 Å².